The average Bonchev–Trinajstić information content (AvgIpc) is 3.35. The first-order valence-corrected chi connectivity index (χ1v) is 11.0. The predicted octanol–water partition coefficient (Wildman–Crippen LogP) is 2.87. The van der Waals surface area contributed by atoms with E-state index in [0.29, 0.717) is 6.42 Å². The molecule has 2 saturated carbocycles. The summed E-state index contributed by atoms with van der Waals surface area (Å²) < 4.78 is 71.9. The Morgan fingerprint density at radius 3 is 2.77 bits per heavy atom. The molecule has 1 N–H and O–H groups in total. The fourth-order valence-electron chi connectivity index (χ4n) is 5.63. The lowest BCUT2D eigenvalue weighted by atomic mass is 9.78. The highest BCUT2D eigenvalue weighted by atomic mass is 32.2. The van der Waals surface area contributed by atoms with Gasteiger partial charge in [-0.1, -0.05) is 0 Å². The summed E-state index contributed by atoms with van der Waals surface area (Å²) in [6, 6.07) is 4.45. The summed E-state index contributed by atoms with van der Waals surface area (Å²) in [6.45, 7) is -0.0949. The van der Waals surface area contributed by atoms with Gasteiger partial charge in [0.2, 0.25) is 10.0 Å². The second-order valence-corrected chi connectivity index (χ2v) is 10.2. The second kappa shape index (κ2) is 6.77. The number of nitrogens with one attached hydrogen (secondary N) is 1. The van der Waals surface area contributed by atoms with Gasteiger partial charge in [0, 0.05) is 19.0 Å². The number of methoxy groups -OCH3 is 1. The first-order valence-electron chi connectivity index (χ1n) is 9.51. The third kappa shape index (κ3) is 2.76. The Hall–Kier alpha value is -2.48. The van der Waals surface area contributed by atoms with Gasteiger partial charge in [-0.25, -0.2) is 13.2 Å². The van der Waals surface area contributed by atoms with Crippen LogP contribution in [-0.2, 0) is 20.9 Å². The van der Waals surface area contributed by atoms with E-state index >= 15 is 0 Å². The Balaban J connectivity index is 1.78. The molecule has 0 unspecified atom stereocenters. The molecule has 7 nitrogen and oxygen atoms in total. The number of hydrogen-bond donors (Lipinski definition) is 1. The van der Waals surface area contributed by atoms with Crippen LogP contribution in [0, 0.1) is 29.1 Å². The number of carbonyl (C=O) groups is 1. The summed E-state index contributed by atoms with van der Waals surface area (Å²) >= 11 is 0. The van der Waals surface area contributed by atoms with E-state index in [1.165, 1.54) is 19.2 Å². The Bertz CT molecular complexity index is 1040. The minimum atomic E-state index is -4.79. The molecule has 2 aliphatic carbocycles. The van der Waals surface area contributed by atoms with Crippen LogP contribution < -0.4 is 9.62 Å². The quantitative estimate of drug-likeness (QED) is 0.775. The number of alkyl carbamates (subject to hydrolysis) is 1. The van der Waals surface area contributed by atoms with E-state index in [1.54, 1.807) is 0 Å². The number of amides is 1. The molecule has 4 rings (SSSR count). The molecule has 1 saturated heterocycles. The number of alkyl halides is 3. The zero-order chi connectivity index (χ0) is 21.9. The molecule has 162 valence electrons. The molecule has 0 aromatic heterocycles. The van der Waals surface area contributed by atoms with Gasteiger partial charge in [-0.2, -0.15) is 18.4 Å². The monoisotopic (exact) mass is 443 g/mol. The van der Waals surface area contributed by atoms with E-state index in [-0.39, 0.29) is 36.5 Å². The molecule has 0 radical (unpaired) electrons. The first kappa shape index (κ1) is 20.8. The Kier molecular flexibility index (Phi) is 4.69. The third-order valence-corrected chi connectivity index (χ3v) is 9.59. The van der Waals surface area contributed by atoms with Gasteiger partial charge in [-0.3, -0.25) is 4.31 Å². The van der Waals surface area contributed by atoms with E-state index < -0.39 is 38.2 Å². The molecular weight excluding hydrogens is 423 g/mol. The number of fused-ring (bicyclic) bond motifs is 5. The molecule has 4 atom stereocenters. The van der Waals surface area contributed by atoms with Gasteiger partial charge in [0.25, 0.3) is 0 Å². The van der Waals surface area contributed by atoms with Crippen LogP contribution in [-0.4, -0.2) is 39.5 Å². The van der Waals surface area contributed by atoms with Crippen LogP contribution >= 0.6 is 0 Å². The number of carbonyl (C=O) groups excluding carboxylic acids is 1. The van der Waals surface area contributed by atoms with Crippen LogP contribution in [0.25, 0.3) is 0 Å². The van der Waals surface area contributed by atoms with Crippen molar-refractivity contribution in [2.75, 3.05) is 24.5 Å². The fraction of sp³-hybridized carbons (Fsp3) is 0.579. The van der Waals surface area contributed by atoms with E-state index in [2.05, 4.69) is 10.1 Å². The molecule has 3 aliphatic rings. The molecule has 30 heavy (non-hydrogen) atoms. The van der Waals surface area contributed by atoms with Crippen LogP contribution in [0.4, 0.5) is 23.7 Å². The van der Waals surface area contributed by atoms with E-state index in [1.807, 2.05) is 0 Å². The predicted molar refractivity (Wildman–Crippen MR) is 99.9 cm³/mol. The highest BCUT2D eigenvalue weighted by Gasteiger charge is 2.70. The second-order valence-electron chi connectivity index (χ2n) is 8.05. The van der Waals surface area contributed by atoms with Crippen molar-refractivity contribution in [3.63, 3.8) is 0 Å². The molecule has 1 amide bonds. The number of benzene rings is 1. The molecule has 2 bridgehead atoms. The topological polar surface area (TPSA) is 99.5 Å². The molecule has 0 spiro atoms. The summed E-state index contributed by atoms with van der Waals surface area (Å²) in [5.41, 5.74) is -1.85. The largest absolute Gasteiger partial charge is 0.453 e. The number of halogens is 3. The van der Waals surface area contributed by atoms with E-state index in [4.69, 9.17) is 5.26 Å². The van der Waals surface area contributed by atoms with Gasteiger partial charge in [-0.05, 0) is 49.3 Å². The highest BCUT2D eigenvalue weighted by Crippen LogP contribution is 2.62. The number of nitrogens with zero attached hydrogens (tertiary/aromatic N) is 2. The summed E-state index contributed by atoms with van der Waals surface area (Å²) in [5, 5.41) is 11.5. The van der Waals surface area contributed by atoms with Crippen molar-refractivity contribution in [3.8, 4) is 6.07 Å². The number of anilines is 1. The Morgan fingerprint density at radius 2 is 2.13 bits per heavy atom. The van der Waals surface area contributed by atoms with Gasteiger partial charge in [0.15, 0.2) is 0 Å². The number of hydrogen-bond acceptors (Lipinski definition) is 5. The maximum absolute atomic E-state index is 13.7. The number of rotatable bonds is 3. The molecular formula is C19H20F3N3O4S. The lowest BCUT2D eigenvalue weighted by Gasteiger charge is -2.37. The number of nitriles is 1. The maximum Gasteiger partial charge on any atom is 0.417 e. The smallest absolute Gasteiger partial charge is 0.417 e. The van der Waals surface area contributed by atoms with Gasteiger partial charge < -0.3 is 10.1 Å². The van der Waals surface area contributed by atoms with Crippen LogP contribution in [0.3, 0.4) is 0 Å². The summed E-state index contributed by atoms with van der Waals surface area (Å²) in [5.74, 6) is -0.349. The highest BCUT2D eigenvalue weighted by molar-refractivity contribution is 7.94. The number of sulfonamides is 1. The van der Waals surface area contributed by atoms with Crippen molar-refractivity contribution in [2.45, 2.75) is 30.2 Å². The zero-order valence-corrected chi connectivity index (χ0v) is 16.9. The Labute approximate surface area is 171 Å². The van der Waals surface area contributed by atoms with Crippen molar-refractivity contribution in [1.29, 1.82) is 5.26 Å². The van der Waals surface area contributed by atoms with Gasteiger partial charge in [0.1, 0.15) is 4.75 Å². The van der Waals surface area contributed by atoms with Gasteiger partial charge >= 0.3 is 12.3 Å². The van der Waals surface area contributed by atoms with Crippen molar-refractivity contribution >= 4 is 21.8 Å². The lowest BCUT2D eigenvalue weighted by Crippen LogP contribution is -2.55. The lowest BCUT2D eigenvalue weighted by molar-refractivity contribution is -0.137. The molecule has 1 aliphatic heterocycles. The molecule has 3 fully saturated rings. The summed E-state index contributed by atoms with van der Waals surface area (Å²) in [4.78, 5) is 11.7. The van der Waals surface area contributed by atoms with E-state index in [9.17, 15) is 26.4 Å². The minimum absolute atomic E-state index is 0.0511. The Morgan fingerprint density at radius 1 is 1.40 bits per heavy atom. The fourth-order valence-corrected chi connectivity index (χ4v) is 8.33. The van der Waals surface area contributed by atoms with Crippen LogP contribution in [0.5, 0.6) is 0 Å². The first-order chi connectivity index (χ1) is 14.1. The minimum Gasteiger partial charge on any atom is -0.453 e. The van der Waals surface area contributed by atoms with Crippen LogP contribution in [0.1, 0.15) is 30.4 Å². The third-order valence-electron chi connectivity index (χ3n) is 6.91. The van der Waals surface area contributed by atoms with Gasteiger partial charge in [0.05, 0.1) is 30.0 Å². The zero-order valence-electron chi connectivity index (χ0n) is 16.1. The van der Waals surface area contributed by atoms with Crippen molar-refractivity contribution in [3.05, 3.63) is 29.3 Å². The molecule has 11 heteroatoms. The molecule has 1 heterocycles. The maximum atomic E-state index is 13.7. The SMILES string of the molecule is COC(=O)NC[C@@]12[C@@H]3CC[C@@H](C3)[C@@H]1CN(c1ccc(C#N)c(C(F)(F)F)c1)S2(=O)=O. The summed E-state index contributed by atoms with van der Waals surface area (Å²) in [7, 11) is -2.91. The molecule has 1 aromatic rings. The van der Waals surface area contributed by atoms with Gasteiger partial charge in [-0.15, -0.1) is 0 Å². The normalized spacial score (nSPS) is 31.3. The van der Waals surface area contributed by atoms with Crippen molar-refractivity contribution in [2.24, 2.45) is 17.8 Å². The number of ether oxygens (including phenoxy) is 1. The average molecular weight is 443 g/mol. The van der Waals surface area contributed by atoms with Crippen LogP contribution in [0.2, 0.25) is 0 Å². The van der Waals surface area contributed by atoms with Crippen molar-refractivity contribution < 1.29 is 31.1 Å². The summed E-state index contributed by atoms with van der Waals surface area (Å²) in [6.07, 6.45) is -3.26. The van der Waals surface area contributed by atoms with E-state index in [0.717, 1.165) is 29.3 Å². The van der Waals surface area contributed by atoms with Crippen molar-refractivity contribution in [1.82, 2.24) is 5.32 Å². The van der Waals surface area contributed by atoms with Crippen LogP contribution in [0.15, 0.2) is 18.2 Å². The molecule has 1 aromatic carbocycles. The standard InChI is InChI=1S/C19H20F3N3O4S/c1-29-17(26)24-10-18-13-4-2-11(6-13)16(18)9-25(30(18,27)28)14-5-3-12(8-23)15(7-14)19(20,21)22/h3,5,7,11,13,16H,2,4,6,9-10H2,1H3,(H,24,26)/t11-,13+,16-,18+/m0/s1.